The third kappa shape index (κ3) is 6.27. The van der Waals surface area contributed by atoms with Crippen molar-refractivity contribution in [3.8, 4) is 11.5 Å². The Balaban J connectivity index is 1.88. The quantitative estimate of drug-likeness (QED) is 0.318. The summed E-state index contributed by atoms with van der Waals surface area (Å²) in [7, 11) is 0. The molecule has 0 aliphatic heterocycles. The van der Waals surface area contributed by atoms with E-state index in [9.17, 15) is 0 Å². The fourth-order valence-corrected chi connectivity index (χ4v) is 3.21. The molecule has 0 atom stereocenters. The molecule has 0 saturated carbocycles. The molecule has 0 aromatic heterocycles. The topological polar surface area (TPSA) is 21.7 Å². The first kappa shape index (κ1) is 22.2. The molecule has 3 aromatic carbocycles. The molecule has 3 nitrogen and oxygen atoms in total. The molecular weight excluding hydrogens is 438 g/mol. The standard InChI is InChI=1S/C26H30BrNO2/c1-19(2)17-29-25-13-9-23(10-14-25)28(22-7-5-21(27)6-8-22)24-11-15-26(16-12-24)30-18-20(3)4/h5-16,19-20H,17-18H2,1-4H3. The van der Waals surface area contributed by atoms with Gasteiger partial charge in [-0.15, -0.1) is 0 Å². The van der Waals surface area contributed by atoms with Crippen molar-refractivity contribution >= 4 is 33.0 Å². The minimum Gasteiger partial charge on any atom is -0.493 e. The molecule has 4 heteroatoms. The molecular formula is C26H30BrNO2. The van der Waals surface area contributed by atoms with Crippen LogP contribution in [-0.4, -0.2) is 13.2 Å². The van der Waals surface area contributed by atoms with Gasteiger partial charge in [-0.05, 0) is 84.6 Å². The van der Waals surface area contributed by atoms with Gasteiger partial charge in [0.05, 0.1) is 13.2 Å². The summed E-state index contributed by atoms with van der Waals surface area (Å²) in [6.45, 7) is 10.0. The molecule has 30 heavy (non-hydrogen) atoms. The maximum absolute atomic E-state index is 5.85. The second-order valence-electron chi connectivity index (χ2n) is 8.21. The summed E-state index contributed by atoms with van der Waals surface area (Å²) in [5.41, 5.74) is 3.24. The van der Waals surface area contributed by atoms with Crippen molar-refractivity contribution in [2.24, 2.45) is 11.8 Å². The van der Waals surface area contributed by atoms with Crippen LogP contribution in [0.2, 0.25) is 0 Å². The Hall–Kier alpha value is -2.46. The van der Waals surface area contributed by atoms with Crippen molar-refractivity contribution in [3.05, 3.63) is 77.3 Å². The van der Waals surface area contributed by atoms with Gasteiger partial charge >= 0.3 is 0 Å². The van der Waals surface area contributed by atoms with E-state index in [-0.39, 0.29) is 0 Å². The van der Waals surface area contributed by atoms with Crippen LogP contribution >= 0.6 is 15.9 Å². The van der Waals surface area contributed by atoms with Crippen molar-refractivity contribution < 1.29 is 9.47 Å². The summed E-state index contributed by atoms with van der Waals surface area (Å²) in [4.78, 5) is 2.23. The molecule has 0 heterocycles. The number of halogens is 1. The van der Waals surface area contributed by atoms with Crippen molar-refractivity contribution in [2.75, 3.05) is 18.1 Å². The van der Waals surface area contributed by atoms with Crippen LogP contribution in [0, 0.1) is 11.8 Å². The number of hydrogen-bond donors (Lipinski definition) is 0. The molecule has 0 radical (unpaired) electrons. The van der Waals surface area contributed by atoms with E-state index in [0.717, 1.165) is 33.0 Å². The molecule has 3 aromatic rings. The monoisotopic (exact) mass is 467 g/mol. The Bertz CT molecular complexity index is 848. The first-order valence-corrected chi connectivity index (χ1v) is 11.2. The average molecular weight is 468 g/mol. The highest BCUT2D eigenvalue weighted by atomic mass is 79.9. The molecule has 0 aliphatic carbocycles. The molecule has 0 bridgehead atoms. The smallest absolute Gasteiger partial charge is 0.119 e. The largest absolute Gasteiger partial charge is 0.493 e. The van der Waals surface area contributed by atoms with Crippen molar-refractivity contribution in [2.45, 2.75) is 27.7 Å². The maximum atomic E-state index is 5.85. The Kier molecular flexibility index (Phi) is 7.81. The second kappa shape index (κ2) is 10.5. The molecule has 0 aliphatic rings. The molecule has 0 saturated heterocycles. The van der Waals surface area contributed by atoms with Crippen LogP contribution in [-0.2, 0) is 0 Å². The predicted octanol–water partition coefficient (Wildman–Crippen LogP) is 7.99. The zero-order chi connectivity index (χ0) is 21.5. The van der Waals surface area contributed by atoms with Gasteiger partial charge in [-0.3, -0.25) is 0 Å². The number of anilines is 3. The fourth-order valence-electron chi connectivity index (χ4n) is 2.95. The number of benzene rings is 3. The average Bonchev–Trinajstić information content (AvgIpc) is 2.74. The third-order valence-corrected chi connectivity index (χ3v) is 4.97. The van der Waals surface area contributed by atoms with Crippen LogP contribution < -0.4 is 14.4 Å². The van der Waals surface area contributed by atoms with E-state index in [1.165, 1.54) is 0 Å². The van der Waals surface area contributed by atoms with E-state index >= 15 is 0 Å². The van der Waals surface area contributed by atoms with Crippen LogP contribution in [0.15, 0.2) is 77.3 Å². The second-order valence-corrected chi connectivity index (χ2v) is 9.13. The summed E-state index contributed by atoms with van der Waals surface area (Å²) < 4.78 is 12.8. The fraction of sp³-hybridized carbons (Fsp3) is 0.308. The first-order valence-electron chi connectivity index (χ1n) is 10.4. The van der Waals surface area contributed by atoms with Gasteiger partial charge in [0.15, 0.2) is 0 Å². The summed E-state index contributed by atoms with van der Waals surface area (Å²) in [6.07, 6.45) is 0. The van der Waals surface area contributed by atoms with Crippen LogP contribution in [0.4, 0.5) is 17.1 Å². The number of hydrogen-bond acceptors (Lipinski definition) is 3. The lowest BCUT2D eigenvalue weighted by Crippen LogP contribution is -2.10. The molecule has 0 unspecified atom stereocenters. The van der Waals surface area contributed by atoms with Crippen molar-refractivity contribution in [3.63, 3.8) is 0 Å². The van der Waals surface area contributed by atoms with E-state index in [1.54, 1.807) is 0 Å². The zero-order valence-electron chi connectivity index (χ0n) is 18.1. The lowest BCUT2D eigenvalue weighted by atomic mass is 10.2. The van der Waals surface area contributed by atoms with E-state index in [2.05, 4.69) is 97.1 Å². The minimum absolute atomic E-state index is 0.500. The molecule has 158 valence electrons. The first-order chi connectivity index (χ1) is 14.4. The summed E-state index contributed by atoms with van der Waals surface area (Å²) >= 11 is 3.53. The predicted molar refractivity (Wildman–Crippen MR) is 129 cm³/mol. The lowest BCUT2D eigenvalue weighted by molar-refractivity contribution is 0.271. The van der Waals surface area contributed by atoms with Gasteiger partial charge in [0.2, 0.25) is 0 Å². The number of rotatable bonds is 9. The van der Waals surface area contributed by atoms with Gasteiger partial charge in [-0.2, -0.15) is 0 Å². The molecule has 0 spiro atoms. The van der Waals surface area contributed by atoms with Gasteiger partial charge in [-0.1, -0.05) is 43.6 Å². The van der Waals surface area contributed by atoms with Gasteiger partial charge in [0.25, 0.3) is 0 Å². The van der Waals surface area contributed by atoms with Crippen LogP contribution in [0.1, 0.15) is 27.7 Å². The molecule has 0 amide bonds. The molecule has 0 N–H and O–H groups in total. The summed E-state index contributed by atoms with van der Waals surface area (Å²) in [5.74, 6) is 2.78. The van der Waals surface area contributed by atoms with E-state index < -0.39 is 0 Å². The highest BCUT2D eigenvalue weighted by Gasteiger charge is 2.13. The Labute approximate surface area is 188 Å². The summed E-state index contributed by atoms with van der Waals surface area (Å²) in [6, 6.07) is 24.8. The summed E-state index contributed by atoms with van der Waals surface area (Å²) in [5, 5.41) is 0. The number of ether oxygens (including phenoxy) is 2. The van der Waals surface area contributed by atoms with Gasteiger partial charge in [-0.25, -0.2) is 0 Å². The van der Waals surface area contributed by atoms with E-state index in [0.29, 0.717) is 25.0 Å². The van der Waals surface area contributed by atoms with E-state index in [4.69, 9.17) is 9.47 Å². The van der Waals surface area contributed by atoms with E-state index in [1.807, 2.05) is 24.3 Å². The Morgan fingerprint density at radius 3 is 1.27 bits per heavy atom. The highest BCUT2D eigenvalue weighted by molar-refractivity contribution is 9.10. The third-order valence-electron chi connectivity index (χ3n) is 4.44. The van der Waals surface area contributed by atoms with Gasteiger partial charge in [0, 0.05) is 21.5 Å². The SMILES string of the molecule is CC(C)COc1ccc(N(c2ccc(Br)cc2)c2ccc(OCC(C)C)cc2)cc1. The molecule has 0 fully saturated rings. The zero-order valence-corrected chi connectivity index (χ0v) is 19.7. The maximum Gasteiger partial charge on any atom is 0.119 e. The van der Waals surface area contributed by atoms with Crippen molar-refractivity contribution in [1.29, 1.82) is 0 Å². The van der Waals surface area contributed by atoms with Crippen LogP contribution in [0.25, 0.3) is 0 Å². The lowest BCUT2D eigenvalue weighted by Gasteiger charge is -2.26. The van der Waals surface area contributed by atoms with Gasteiger partial charge < -0.3 is 14.4 Å². The Morgan fingerprint density at radius 1 is 0.600 bits per heavy atom. The van der Waals surface area contributed by atoms with Crippen molar-refractivity contribution in [1.82, 2.24) is 0 Å². The van der Waals surface area contributed by atoms with Gasteiger partial charge in [0.1, 0.15) is 11.5 Å². The normalized spacial score (nSPS) is 11.0. The highest BCUT2D eigenvalue weighted by Crippen LogP contribution is 2.36. The van der Waals surface area contributed by atoms with Crippen LogP contribution in [0.5, 0.6) is 11.5 Å². The Morgan fingerprint density at radius 2 is 0.933 bits per heavy atom. The number of nitrogens with zero attached hydrogens (tertiary/aromatic N) is 1. The van der Waals surface area contributed by atoms with Crippen LogP contribution in [0.3, 0.4) is 0 Å². The minimum atomic E-state index is 0.500. The molecule has 3 rings (SSSR count).